The summed E-state index contributed by atoms with van der Waals surface area (Å²) in [4.78, 5) is 42.4. The van der Waals surface area contributed by atoms with Crippen LogP contribution in [0.15, 0.2) is 29.2 Å². The van der Waals surface area contributed by atoms with Gasteiger partial charge in [0.1, 0.15) is 11.8 Å². The summed E-state index contributed by atoms with van der Waals surface area (Å²) in [5, 5.41) is 2.59. The zero-order valence-electron chi connectivity index (χ0n) is 19.0. The monoisotopic (exact) mass is 495 g/mol. The SMILES string of the molecule is COc1ccc(S(=O)(=O)N2CCN(CN3C(=O)N[C@H](CC(=O)N4CCOCC4)C3=O)CC2)cc1. The van der Waals surface area contributed by atoms with Crippen molar-refractivity contribution in [2.45, 2.75) is 17.4 Å². The highest BCUT2D eigenvalue weighted by molar-refractivity contribution is 7.89. The van der Waals surface area contributed by atoms with Crippen LogP contribution in [-0.2, 0) is 24.3 Å². The number of nitrogens with one attached hydrogen (secondary N) is 1. The minimum Gasteiger partial charge on any atom is -0.497 e. The minimum atomic E-state index is -3.65. The van der Waals surface area contributed by atoms with E-state index in [1.54, 1.807) is 17.0 Å². The van der Waals surface area contributed by atoms with Gasteiger partial charge in [-0.1, -0.05) is 0 Å². The predicted octanol–water partition coefficient (Wildman–Crippen LogP) is -0.872. The topological polar surface area (TPSA) is 129 Å². The van der Waals surface area contributed by atoms with Crippen LogP contribution in [-0.4, -0.2) is 118 Å². The zero-order valence-corrected chi connectivity index (χ0v) is 19.8. The van der Waals surface area contributed by atoms with Gasteiger partial charge in [0.05, 0.1) is 38.3 Å². The Labute approximate surface area is 198 Å². The molecule has 12 nitrogen and oxygen atoms in total. The molecule has 1 aromatic rings. The second-order valence-electron chi connectivity index (χ2n) is 8.30. The van der Waals surface area contributed by atoms with Crippen LogP contribution in [0.3, 0.4) is 0 Å². The lowest BCUT2D eigenvalue weighted by Gasteiger charge is -2.35. The molecule has 34 heavy (non-hydrogen) atoms. The van der Waals surface area contributed by atoms with Gasteiger partial charge in [-0.05, 0) is 24.3 Å². The third-order valence-corrected chi connectivity index (χ3v) is 8.13. The Kier molecular flexibility index (Phi) is 7.36. The van der Waals surface area contributed by atoms with Crippen LogP contribution in [0.5, 0.6) is 5.75 Å². The maximum absolute atomic E-state index is 12.9. The third kappa shape index (κ3) is 5.17. The van der Waals surface area contributed by atoms with E-state index in [-0.39, 0.29) is 37.0 Å². The largest absolute Gasteiger partial charge is 0.497 e. The molecule has 3 fully saturated rings. The fourth-order valence-electron chi connectivity index (χ4n) is 4.17. The van der Waals surface area contributed by atoms with Gasteiger partial charge in [-0.15, -0.1) is 0 Å². The molecular formula is C21H29N5O7S. The third-order valence-electron chi connectivity index (χ3n) is 6.22. The number of sulfonamides is 1. The Morgan fingerprint density at radius 1 is 1.06 bits per heavy atom. The van der Waals surface area contributed by atoms with Crippen molar-refractivity contribution in [1.82, 2.24) is 24.3 Å². The van der Waals surface area contributed by atoms with Crippen LogP contribution in [0.1, 0.15) is 6.42 Å². The van der Waals surface area contributed by atoms with Crippen LogP contribution in [0.4, 0.5) is 4.79 Å². The van der Waals surface area contributed by atoms with Crippen LogP contribution in [0, 0.1) is 0 Å². The number of hydrogen-bond donors (Lipinski definition) is 1. The van der Waals surface area contributed by atoms with Crippen molar-refractivity contribution >= 4 is 27.9 Å². The van der Waals surface area contributed by atoms with Crippen LogP contribution in [0.2, 0.25) is 0 Å². The van der Waals surface area contributed by atoms with Gasteiger partial charge >= 0.3 is 6.03 Å². The fourth-order valence-corrected chi connectivity index (χ4v) is 5.60. The summed E-state index contributed by atoms with van der Waals surface area (Å²) >= 11 is 0. The first kappa shape index (κ1) is 24.4. The molecule has 3 aliphatic heterocycles. The van der Waals surface area contributed by atoms with Crippen LogP contribution in [0.25, 0.3) is 0 Å². The minimum absolute atomic E-state index is 0.0450. The second-order valence-corrected chi connectivity index (χ2v) is 10.2. The van der Waals surface area contributed by atoms with Crippen LogP contribution >= 0.6 is 0 Å². The van der Waals surface area contributed by atoms with Gasteiger partial charge in [-0.3, -0.25) is 14.5 Å². The van der Waals surface area contributed by atoms with E-state index in [4.69, 9.17) is 9.47 Å². The summed E-state index contributed by atoms with van der Waals surface area (Å²) < 4.78 is 37.5. The number of morpholine rings is 1. The van der Waals surface area contributed by atoms with Gasteiger partial charge in [0.15, 0.2) is 0 Å². The number of nitrogens with zero attached hydrogens (tertiary/aromatic N) is 4. The van der Waals surface area contributed by atoms with Crippen LogP contribution < -0.4 is 10.1 Å². The lowest BCUT2D eigenvalue weighted by Crippen LogP contribution is -2.52. The van der Waals surface area contributed by atoms with Crippen molar-refractivity contribution in [3.05, 3.63) is 24.3 Å². The maximum atomic E-state index is 12.9. The highest BCUT2D eigenvalue weighted by Gasteiger charge is 2.41. The molecule has 4 rings (SSSR count). The van der Waals surface area contributed by atoms with E-state index < -0.39 is 28.0 Å². The molecule has 3 heterocycles. The summed E-state index contributed by atoms with van der Waals surface area (Å²) in [6, 6.07) is 4.78. The van der Waals surface area contributed by atoms with E-state index in [1.165, 1.54) is 23.5 Å². The Morgan fingerprint density at radius 3 is 2.32 bits per heavy atom. The first-order valence-corrected chi connectivity index (χ1v) is 12.6. The number of carbonyl (C=O) groups excluding carboxylic acids is 3. The molecule has 3 aliphatic rings. The highest BCUT2D eigenvalue weighted by Crippen LogP contribution is 2.21. The zero-order chi connectivity index (χ0) is 24.3. The maximum Gasteiger partial charge on any atom is 0.325 e. The molecule has 1 N–H and O–H groups in total. The number of amides is 4. The van der Waals surface area contributed by atoms with E-state index in [2.05, 4.69) is 5.32 Å². The highest BCUT2D eigenvalue weighted by atomic mass is 32.2. The summed E-state index contributed by atoms with van der Waals surface area (Å²) in [5.74, 6) is -0.0664. The molecule has 0 bridgehead atoms. The Hall–Kier alpha value is -2.74. The lowest BCUT2D eigenvalue weighted by molar-refractivity contribution is -0.139. The van der Waals surface area contributed by atoms with Gasteiger partial charge < -0.3 is 19.7 Å². The number of carbonyl (C=O) groups is 3. The first-order valence-electron chi connectivity index (χ1n) is 11.1. The second kappa shape index (κ2) is 10.3. The summed E-state index contributed by atoms with van der Waals surface area (Å²) in [5.41, 5.74) is 0. The number of imide groups is 1. The number of hydrogen-bond acceptors (Lipinski definition) is 8. The Bertz CT molecular complexity index is 1020. The van der Waals surface area contributed by atoms with Gasteiger partial charge in [-0.25, -0.2) is 18.1 Å². The normalized spacial score (nSPS) is 22.7. The van der Waals surface area contributed by atoms with Gasteiger partial charge in [0.2, 0.25) is 15.9 Å². The molecule has 1 aromatic carbocycles. The van der Waals surface area contributed by atoms with Crippen molar-refractivity contribution in [2.75, 3.05) is 66.3 Å². The van der Waals surface area contributed by atoms with Gasteiger partial charge in [0.25, 0.3) is 5.91 Å². The average Bonchev–Trinajstić information content (AvgIpc) is 3.12. The fraction of sp³-hybridized carbons (Fsp3) is 0.571. The molecule has 0 aromatic heterocycles. The quantitative estimate of drug-likeness (QED) is 0.484. The molecule has 0 radical (unpaired) electrons. The summed E-state index contributed by atoms with van der Waals surface area (Å²) in [7, 11) is -2.14. The molecule has 0 aliphatic carbocycles. The van der Waals surface area contributed by atoms with Crippen molar-refractivity contribution in [3.63, 3.8) is 0 Å². The number of urea groups is 1. The van der Waals surface area contributed by atoms with E-state index in [9.17, 15) is 22.8 Å². The number of benzene rings is 1. The van der Waals surface area contributed by atoms with Crippen molar-refractivity contribution in [3.8, 4) is 5.75 Å². The molecular weight excluding hydrogens is 466 g/mol. The Balaban J connectivity index is 1.29. The smallest absolute Gasteiger partial charge is 0.325 e. The first-order chi connectivity index (χ1) is 16.3. The molecule has 186 valence electrons. The lowest BCUT2D eigenvalue weighted by atomic mass is 10.2. The van der Waals surface area contributed by atoms with E-state index in [1.807, 2.05) is 4.90 Å². The summed E-state index contributed by atoms with van der Waals surface area (Å²) in [6.07, 6.45) is -0.0883. The molecule has 0 saturated carbocycles. The van der Waals surface area contributed by atoms with Gasteiger partial charge in [-0.2, -0.15) is 4.31 Å². The Morgan fingerprint density at radius 2 is 1.71 bits per heavy atom. The molecule has 0 spiro atoms. The predicted molar refractivity (Wildman–Crippen MR) is 119 cm³/mol. The molecule has 1 atom stereocenters. The van der Waals surface area contributed by atoms with E-state index >= 15 is 0 Å². The van der Waals surface area contributed by atoms with Crippen molar-refractivity contribution in [2.24, 2.45) is 0 Å². The standard InChI is InChI=1S/C21H29N5O7S/c1-32-16-2-4-17(5-3-16)34(30,31)25-8-6-23(7-9-25)15-26-20(28)18(22-21(26)29)14-19(27)24-10-12-33-13-11-24/h2-5,18H,6-15H2,1H3,(H,22,29)/t18-/m1/s1. The number of methoxy groups -OCH3 is 1. The van der Waals surface area contributed by atoms with Gasteiger partial charge in [0, 0.05) is 39.3 Å². The average molecular weight is 496 g/mol. The number of rotatable bonds is 7. The molecule has 4 amide bonds. The van der Waals surface area contributed by atoms with Crippen molar-refractivity contribution in [1.29, 1.82) is 0 Å². The summed E-state index contributed by atoms with van der Waals surface area (Å²) in [6.45, 7) is 3.11. The van der Waals surface area contributed by atoms with Crippen molar-refractivity contribution < 1.29 is 32.3 Å². The number of piperazine rings is 1. The van der Waals surface area contributed by atoms with E-state index in [0.717, 1.165) is 4.90 Å². The molecule has 13 heteroatoms. The number of ether oxygens (including phenoxy) is 2. The van der Waals surface area contributed by atoms with E-state index in [0.29, 0.717) is 45.1 Å². The molecule has 3 saturated heterocycles. The molecule has 0 unspecified atom stereocenters.